The molecule has 0 radical (unpaired) electrons. The molecule has 0 aliphatic carbocycles. The summed E-state index contributed by atoms with van der Waals surface area (Å²) < 4.78 is 0. The van der Waals surface area contributed by atoms with Gasteiger partial charge in [0.15, 0.2) is 0 Å². The number of amides is 1. The van der Waals surface area contributed by atoms with E-state index in [1.807, 2.05) is 19.1 Å². The lowest BCUT2D eigenvalue weighted by atomic mass is 10.2. The number of rotatable bonds is 5. The number of halogens is 1. The van der Waals surface area contributed by atoms with Crippen molar-refractivity contribution in [3.8, 4) is 0 Å². The Morgan fingerprint density at radius 2 is 2.18 bits per heavy atom. The normalized spacial score (nSPS) is 12.2. The van der Waals surface area contributed by atoms with E-state index in [1.54, 1.807) is 6.07 Å². The average Bonchev–Trinajstić information content (AvgIpc) is 2.29. The predicted molar refractivity (Wildman–Crippen MR) is 72.6 cm³/mol. The minimum atomic E-state index is -0.0317. The highest BCUT2D eigenvalue weighted by atomic mass is 35.5. The third kappa shape index (κ3) is 4.75. The maximum atomic E-state index is 11.7. The van der Waals surface area contributed by atoms with Gasteiger partial charge in [-0.05, 0) is 44.0 Å². The van der Waals surface area contributed by atoms with Gasteiger partial charge in [0.05, 0.1) is 6.54 Å². The summed E-state index contributed by atoms with van der Waals surface area (Å²) in [6, 6.07) is 5.77. The van der Waals surface area contributed by atoms with Crippen molar-refractivity contribution in [2.24, 2.45) is 0 Å². The number of hydrogen-bond acceptors (Lipinski definition) is 2. The van der Waals surface area contributed by atoms with Gasteiger partial charge in [0.2, 0.25) is 5.91 Å². The summed E-state index contributed by atoms with van der Waals surface area (Å²) in [5, 5.41) is 6.68. The van der Waals surface area contributed by atoms with Crippen LogP contribution in [0.1, 0.15) is 25.8 Å². The van der Waals surface area contributed by atoms with Gasteiger partial charge in [-0.25, -0.2) is 0 Å². The predicted octanol–water partition coefficient (Wildman–Crippen LogP) is 2.98. The van der Waals surface area contributed by atoms with Crippen LogP contribution in [-0.4, -0.2) is 18.5 Å². The Labute approximate surface area is 108 Å². The molecule has 1 rings (SSSR count). The van der Waals surface area contributed by atoms with E-state index in [0.717, 1.165) is 17.7 Å². The molecule has 1 atom stereocenters. The van der Waals surface area contributed by atoms with Crippen molar-refractivity contribution in [2.45, 2.75) is 33.2 Å². The van der Waals surface area contributed by atoms with Gasteiger partial charge in [0, 0.05) is 16.8 Å². The number of hydrogen-bond donors (Lipinski definition) is 2. The van der Waals surface area contributed by atoms with Crippen molar-refractivity contribution >= 4 is 23.2 Å². The lowest BCUT2D eigenvalue weighted by Gasteiger charge is -2.12. The maximum absolute atomic E-state index is 11.7. The molecule has 0 bridgehead atoms. The molecule has 1 aromatic carbocycles. The third-order valence-electron chi connectivity index (χ3n) is 2.69. The molecule has 3 nitrogen and oxygen atoms in total. The van der Waals surface area contributed by atoms with Gasteiger partial charge in [-0.3, -0.25) is 4.79 Å². The fourth-order valence-corrected chi connectivity index (χ4v) is 1.60. The number of carbonyl (C=O) groups excluding carboxylic acids is 1. The standard InChI is InChI=1S/C13H19ClN2O/c1-4-10(3)15-8-13(17)16-12-6-5-11(14)7-9(12)2/h5-7,10,15H,4,8H2,1-3H3,(H,16,17). The number of nitrogens with one attached hydrogen (secondary N) is 2. The summed E-state index contributed by atoms with van der Waals surface area (Å²) in [4.78, 5) is 11.7. The maximum Gasteiger partial charge on any atom is 0.238 e. The topological polar surface area (TPSA) is 41.1 Å². The molecule has 0 saturated heterocycles. The largest absolute Gasteiger partial charge is 0.325 e. The second-order valence-corrected chi connectivity index (χ2v) is 4.63. The molecule has 4 heteroatoms. The first kappa shape index (κ1) is 14.0. The summed E-state index contributed by atoms with van der Waals surface area (Å²) in [6.07, 6.45) is 1.01. The van der Waals surface area contributed by atoms with Crippen LogP contribution in [0.2, 0.25) is 5.02 Å². The number of benzene rings is 1. The molecular weight excluding hydrogens is 236 g/mol. The first-order valence-electron chi connectivity index (χ1n) is 5.82. The van der Waals surface area contributed by atoms with E-state index in [4.69, 9.17) is 11.6 Å². The highest BCUT2D eigenvalue weighted by Gasteiger charge is 2.06. The molecule has 17 heavy (non-hydrogen) atoms. The molecule has 0 saturated carbocycles. The first-order chi connectivity index (χ1) is 8.02. The fourth-order valence-electron chi connectivity index (χ4n) is 1.37. The Balaban J connectivity index is 2.50. The van der Waals surface area contributed by atoms with E-state index in [-0.39, 0.29) is 5.91 Å². The van der Waals surface area contributed by atoms with Crippen LogP contribution in [0.15, 0.2) is 18.2 Å². The molecular formula is C13H19ClN2O. The van der Waals surface area contributed by atoms with Crippen molar-refractivity contribution in [1.29, 1.82) is 0 Å². The second-order valence-electron chi connectivity index (χ2n) is 4.20. The van der Waals surface area contributed by atoms with Crippen LogP contribution < -0.4 is 10.6 Å². The van der Waals surface area contributed by atoms with Gasteiger partial charge >= 0.3 is 0 Å². The summed E-state index contributed by atoms with van der Waals surface area (Å²) in [5.41, 5.74) is 1.78. The van der Waals surface area contributed by atoms with Gasteiger partial charge in [0.25, 0.3) is 0 Å². The Morgan fingerprint density at radius 1 is 1.47 bits per heavy atom. The zero-order chi connectivity index (χ0) is 12.8. The van der Waals surface area contributed by atoms with Crippen molar-refractivity contribution in [2.75, 3.05) is 11.9 Å². The van der Waals surface area contributed by atoms with E-state index < -0.39 is 0 Å². The molecule has 2 N–H and O–H groups in total. The second kappa shape index (κ2) is 6.62. The molecule has 0 spiro atoms. The third-order valence-corrected chi connectivity index (χ3v) is 2.92. The zero-order valence-electron chi connectivity index (χ0n) is 10.5. The van der Waals surface area contributed by atoms with Crippen molar-refractivity contribution in [3.63, 3.8) is 0 Å². The monoisotopic (exact) mass is 254 g/mol. The lowest BCUT2D eigenvalue weighted by Crippen LogP contribution is -2.34. The molecule has 0 fully saturated rings. The summed E-state index contributed by atoms with van der Waals surface area (Å²) in [5.74, 6) is -0.0317. The summed E-state index contributed by atoms with van der Waals surface area (Å²) >= 11 is 5.85. The summed E-state index contributed by atoms with van der Waals surface area (Å²) in [7, 11) is 0. The smallest absolute Gasteiger partial charge is 0.238 e. The molecule has 0 aromatic heterocycles. The van der Waals surface area contributed by atoms with E-state index in [2.05, 4.69) is 24.5 Å². The zero-order valence-corrected chi connectivity index (χ0v) is 11.3. The van der Waals surface area contributed by atoms with Crippen molar-refractivity contribution in [1.82, 2.24) is 5.32 Å². The first-order valence-corrected chi connectivity index (χ1v) is 6.20. The van der Waals surface area contributed by atoms with E-state index in [9.17, 15) is 4.79 Å². The molecule has 0 aliphatic rings. The van der Waals surface area contributed by atoms with Gasteiger partial charge in [-0.2, -0.15) is 0 Å². The highest BCUT2D eigenvalue weighted by molar-refractivity contribution is 6.30. The molecule has 94 valence electrons. The molecule has 1 amide bonds. The van der Waals surface area contributed by atoms with E-state index >= 15 is 0 Å². The van der Waals surface area contributed by atoms with E-state index in [1.165, 1.54) is 0 Å². The Bertz CT molecular complexity index is 393. The molecule has 1 aromatic rings. The van der Waals surface area contributed by atoms with Gasteiger partial charge in [0.1, 0.15) is 0 Å². The number of aryl methyl sites for hydroxylation is 1. The molecule has 0 heterocycles. The fraction of sp³-hybridized carbons (Fsp3) is 0.462. The lowest BCUT2D eigenvalue weighted by molar-refractivity contribution is -0.115. The van der Waals surface area contributed by atoms with Crippen molar-refractivity contribution < 1.29 is 4.79 Å². The van der Waals surface area contributed by atoms with Crippen LogP contribution in [0.25, 0.3) is 0 Å². The van der Waals surface area contributed by atoms with E-state index in [0.29, 0.717) is 17.6 Å². The number of carbonyl (C=O) groups is 1. The van der Waals surface area contributed by atoms with Gasteiger partial charge in [-0.1, -0.05) is 18.5 Å². The van der Waals surface area contributed by atoms with Crippen LogP contribution in [-0.2, 0) is 4.79 Å². The quantitative estimate of drug-likeness (QED) is 0.848. The SMILES string of the molecule is CCC(C)NCC(=O)Nc1ccc(Cl)cc1C. The number of anilines is 1. The van der Waals surface area contributed by atoms with Crippen molar-refractivity contribution in [3.05, 3.63) is 28.8 Å². The molecule has 1 unspecified atom stereocenters. The Kier molecular flexibility index (Phi) is 5.45. The average molecular weight is 255 g/mol. The van der Waals surface area contributed by atoms with Crippen LogP contribution in [0.5, 0.6) is 0 Å². The van der Waals surface area contributed by atoms with Crippen LogP contribution >= 0.6 is 11.6 Å². The molecule has 0 aliphatic heterocycles. The minimum Gasteiger partial charge on any atom is -0.325 e. The van der Waals surface area contributed by atoms with Crippen LogP contribution in [0, 0.1) is 6.92 Å². The Hall–Kier alpha value is -1.06. The van der Waals surface area contributed by atoms with Gasteiger partial charge < -0.3 is 10.6 Å². The van der Waals surface area contributed by atoms with Crippen LogP contribution in [0.4, 0.5) is 5.69 Å². The summed E-state index contributed by atoms with van der Waals surface area (Å²) in [6.45, 7) is 6.39. The highest BCUT2D eigenvalue weighted by Crippen LogP contribution is 2.19. The minimum absolute atomic E-state index is 0.0317. The Morgan fingerprint density at radius 3 is 2.76 bits per heavy atom. The van der Waals surface area contributed by atoms with Gasteiger partial charge in [-0.15, -0.1) is 0 Å². The van der Waals surface area contributed by atoms with Crippen LogP contribution in [0.3, 0.4) is 0 Å².